The molecule has 0 amide bonds. The first kappa shape index (κ1) is 12.4. The number of carbonyl (C=O) groups excluding carboxylic acids is 2. The number of ketones is 1. The fourth-order valence-electron chi connectivity index (χ4n) is 3.66. The van der Waals surface area contributed by atoms with Crippen LogP contribution in [0.25, 0.3) is 0 Å². The van der Waals surface area contributed by atoms with Crippen LogP contribution in [0.15, 0.2) is 22.8 Å². The van der Waals surface area contributed by atoms with Gasteiger partial charge in [0.2, 0.25) is 0 Å². The molecule has 0 aromatic carbocycles. The Balaban J connectivity index is 2.10. The van der Waals surface area contributed by atoms with E-state index in [4.69, 9.17) is 9.15 Å². The molecule has 0 aliphatic heterocycles. The van der Waals surface area contributed by atoms with Crippen molar-refractivity contribution in [3.8, 4) is 0 Å². The molecule has 5 nitrogen and oxygen atoms in total. The van der Waals surface area contributed by atoms with Crippen molar-refractivity contribution >= 4 is 11.8 Å². The number of furan rings is 1. The summed E-state index contributed by atoms with van der Waals surface area (Å²) in [6.07, 6.45) is 2.12. The highest BCUT2D eigenvalue weighted by molar-refractivity contribution is 6.08. The fourth-order valence-corrected chi connectivity index (χ4v) is 3.66. The van der Waals surface area contributed by atoms with Gasteiger partial charge in [-0.3, -0.25) is 9.59 Å². The molecule has 2 fully saturated rings. The molecule has 0 unspecified atom stereocenters. The number of aliphatic hydroxyl groups excluding tert-OH is 1. The predicted molar refractivity (Wildman–Crippen MR) is 64.3 cm³/mol. The first-order valence-electron chi connectivity index (χ1n) is 6.45. The zero-order valence-corrected chi connectivity index (χ0v) is 10.7. The number of rotatable bonds is 2. The molecule has 2 aliphatic rings. The highest BCUT2D eigenvalue weighted by Crippen LogP contribution is 2.56. The van der Waals surface area contributed by atoms with Crippen LogP contribution in [0, 0.1) is 11.3 Å². The number of esters is 1. The number of Topliss-reactive ketones (excluding diaryl/α,β-unsaturated/α-hetero) is 1. The average Bonchev–Trinajstić information content (AvgIpc) is 3.00. The summed E-state index contributed by atoms with van der Waals surface area (Å²) in [4.78, 5) is 24.7. The predicted octanol–water partition coefficient (Wildman–Crippen LogP) is 1.27. The van der Waals surface area contributed by atoms with Crippen LogP contribution in [0.1, 0.15) is 30.9 Å². The van der Waals surface area contributed by atoms with Crippen molar-refractivity contribution < 1.29 is 23.8 Å². The third-order valence-corrected chi connectivity index (χ3v) is 4.60. The standard InChI is InChI=1S/C14H16O5/c1-18-13(17)14-5-4-8(12(14)16)10(15)7-9(14)11-3-2-6-19-11/h2-3,6,8-10,15H,4-5,7H2,1H3/t8-,9-,10+,14+/m1/s1. The van der Waals surface area contributed by atoms with Gasteiger partial charge in [-0.1, -0.05) is 0 Å². The lowest BCUT2D eigenvalue weighted by Crippen LogP contribution is -2.49. The summed E-state index contributed by atoms with van der Waals surface area (Å²) < 4.78 is 10.2. The van der Waals surface area contributed by atoms with Crippen LogP contribution in [-0.2, 0) is 14.3 Å². The summed E-state index contributed by atoms with van der Waals surface area (Å²) in [6.45, 7) is 0. The van der Waals surface area contributed by atoms with E-state index in [1.54, 1.807) is 12.1 Å². The number of hydrogen-bond donors (Lipinski definition) is 1. The molecule has 2 aliphatic carbocycles. The van der Waals surface area contributed by atoms with Crippen LogP contribution in [0.3, 0.4) is 0 Å². The van der Waals surface area contributed by atoms with Gasteiger partial charge in [0, 0.05) is 11.8 Å². The Hall–Kier alpha value is -1.62. The van der Waals surface area contributed by atoms with E-state index in [-0.39, 0.29) is 5.78 Å². The zero-order chi connectivity index (χ0) is 13.6. The first-order valence-corrected chi connectivity index (χ1v) is 6.45. The molecule has 2 bridgehead atoms. The normalized spacial score (nSPS) is 37.4. The molecule has 0 saturated heterocycles. The van der Waals surface area contributed by atoms with E-state index < -0.39 is 29.3 Å². The van der Waals surface area contributed by atoms with Crippen LogP contribution in [-0.4, -0.2) is 30.1 Å². The zero-order valence-electron chi connectivity index (χ0n) is 10.7. The molecule has 2 saturated carbocycles. The topological polar surface area (TPSA) is 76.7 Å². The Morgan fingerprint density at radius 3 is 3.00 bits per heavy atom. The maximum absolute atomic E-state index is 12.5. The van der Waals surface area contributed by atoms with E-state index in [1.165, 1.54) is 13.4 Å². The van der Waals surface area contributed by atoms with Crippen molar-refractivity contribution in [3.63, 3.8) is 0 Å². The summed E-state index contributed by atoms with van der Waals surface area (Å²) in [7, 11) is 1.29. The van der Waals surface area contributed by atoms with Crippen molar-refractivity contribution in [3.05, 3.63) is 24.2 Å². The molecule has 3 rings (SSSR count). The molecule has 4 atom stereocenters. The maximum Gasteiger partial charge on any atom is 0.320 e. The van der Waals surface area contributed by atoms with Gasteiger partial charge < -0.3 is 14.3 Å². The van der Waals surface area contributed by atoms with Crippen LogP contribution in [0.2, 0.25) is 0 Å². The van der Waals surface area contributed by atoms with Gasteiger partial charge in [0.25, 0.3) is 0 Å². The van der Waals surface area contributed by atoms with E-state index in [0.717, 1.165) is 0 Å². The fraction of sp³-hybridized carbons (Fsp3) is 0.571. The van der Waals surface area contributed by atoms with Crippen LogP contribution >= 0.6 is 0 Å². The SMILES string of the molecule is COC(=O)[C@]12CC[C@@H](C1=O)[C@@H](O)C[C@@H]2c1ccco1. The summed E-state index contributed by atoms with van der Waals surface area (Å²) in [5, 5.41) is 10.1. The van der Waals surface area contributed by atoms with Crippen molar-refractivity contribution in [2.75, 3.05) is 7.11 Å². The summed E-state index contributed by atoms with van der Waals surface area (Å²) >= 11 is 0. The summed E-state index contributed by atoms with van der Waals surface area (Å²) in [5.74, 6) is -1.01. The second kappa shape index (κ2) is 4.20. The van der Waals surface area contributed by atoms with Gasteiger partial charge in [0.05, 0.1) is 19.5 Å². The number of hydrogen-bond acceptors (Lipinski definition) is 5. The minimum atomic E-state index is -1.17. The Labute approximate surface area is 110 Å². The highest BCUT2D eigenvalue weighted by Gasteiger charge is 2.64. The Bertz CT molecular complexity index is 506. The van der Waals surface area contributed by atoms with E-state index >= 15 is 0 Å². The summed E-state index contributed by atoms with van der Waals surface area (Å²) in [5.41, 5.74) is -1.17. The minimum absolute atomic E-state index is 0.195. The van der Waals surface area contributed by atoms with Gasteiger partial charge in [0.15, 0.2) is 5.78 Å². The molecule has 0 radical (unpaired) electrons. The minimum Gasteiger partial charge on any atom is -0.469 e. The Morgan fingerprint density at radius 2 is 2.37 bits per heavy atom. The van der Waals surface area contributed by atoms with Crippen molar-refractivity contribution in [1.82, 2.24) is 0 Å². The summed E-state index contributed by atoms with van der Waals surface area (Å²) in [6, 6.07) is 3.46. The molecule has 1 N–H and O–H groups in total. The van der Waals surface area contributed by atoms with Crippen molar-refractivity contribution in [2.24, 2.45) is 11.3 Å². The van der Waals surface area contributed by atoms with Crippen LogP contribution in [0.5, 0.6) is 0 Å². The average molecular weight is 264 g/mol. The Kier molecular flexibility index (Phi) is 2.74. The van der Waals surface area contributed by atoms with E-state index in [2.05, 4.69) is 0 Å². The van der Waals surface area contributed by atoms with Gasteiger partial charge in [-0.05, 0) is 31.4 Å². The number of methoxy groups -OCH3 is 1. The van der Waals surface area contributed by atoms with Gasteiger partial charge in [-0.25, -0.2) is 0 Å². The van der Waals surface area contributed by atoms with Crippen molar-refractivity contribution in [2.45, 2.75) is 31.3 Å². The molecule has 0 spiro atoms. The number of carbonyl (C=O) groups is 2. The van der Waals surface area contributed by atoms with Gasteiger partial charge in [-0.2, -0.15) is 0 Å². The molecule has 102 valence electrons. The Morgan fingerprint density at radius 1 is 1.58 bits per heavy atom. The van der Waals surface area contributed by atoms with E-state index in [1.807, 2.05) is 0 Å². The molecule has 1 aromatic rings. The lowest BCUT2D eigenvalue weighted by molar-refractivity contribution is -0.163. The monoisotopic (exact) mass is 264 g/mol. The molecule has 19 heavy (non-hydrogen) atoms. The van der Waals surface area contributed by atoms with E-state index in [0.29, 0.717) is 25.0 Å². The first-order chi connectivity index (χ1) is 9.11. The molecular weight excluding hydrogens is 248 g/mol. The quantitative estimate of drug-likeness (QED) is 0.643. The second-order valence-corrected chi connectivity index (χ2v) is 5.34. The maximum atomic E-state index is 12.5. The lowest BCUT2D eigenvalue weighted by atomic mass is 9.64. The number of fused-ring (bicyclic) bond motifs is 2. The van der Waals surface area contributed by atoms with E-state index in [9.17, 15) is 14.7 Å². The van der Waals surface area contributed by atoms with Gasteiger partial charge >= 0.3 is 5.97 Å². The van der Waals surface area contributed by atoms with Gasteiger partial charge in [-0.15, -0.1) is 0 Å². The third kappa shape index (κ3) is 1.51. The molecule has 1 aromatic heterocycles. The number of ether oxygens (including phenoxy) is 1. The number of aliphatic hydroxyl groups is 1. The van der Waals surface area contributed by atoms with Gasteiger partial charge in [0.1, 0.15) is 11.2 Å². The molecule has 5 heteroatoms. The van der Waals surface area contributed by atoms with Crippen LogP contribution in [0.4, 0.5) is 0 Å². The third-order valence-electron chi connectivity index (χ3n) is 4.60. The van der Waals surface area contributed by atoms with Crippen molar-refractivity contribution in [1.29, 1.82) is 0 Å². The molecular formula is C14H16O5. The van der Waals surface area contributed by atoms with Crippen LogP contribution < -0.4 is 0 Å². The second-order valence-electron chi connectivity index (χ2n) is 5.34. The largest absolute Gasteiger partial charge is 0.469 e. The molecule has 1 heterocycles. The lowest BCUT2D eigenvalue weighted by Gasteiger charge is -2.38. The highest BCUT2D eigenvalue weighted by atomic mass is 16.5. The smallest absolute Gasteiger partial charge is 0.320 e.